The zero-order valence-corrected chi connectivity index (χ0v) is 14.7. The van der Waals surface area contributed by atoms with Gasteiger partial charge in [0.25, 0.3) is 10.0 Å². The quantitative estimate of drug-likeness (QED) is 0.610. The van der Waals surface area contributed by atoms with E-state index in [-0.39, 0.29) is 16.2 Å². The topological polar surface area (TPSA) is 63.7 Å². The number of rotatable bonds is 2. The summed E-state index contributed by atoms with van der Waals surface area (Å²) in [5.41, 5.74) is 1.94. The van der Waals surface area contributed by atoms with E-state index in [0.717, 1.165) is 9.87 Å². The number of benzene rings is 2. The van der Waals surface area contributed by atoms with Crippen molar-refractivity contribution >= 4 is 27.3 Å². The van der Waals surface area contributed by atoms with Gasteiger partial charge in [-0.25, -0.2) is 17.6 Å². The van der Waals surface area contributed by atoms with Gasteiger partial charge < -0.3 is 4.74 Å². The smallest absolute Gasteiger partial charge is 0.340 e. The van der Waals surface area contributed by atoms with Crippen LogP contribution in [0.25, 0.3) is 11.3 Å². The van der Waals surface area contributed by atoms with Crippen molar-refractivity contribution < 1.29 is 22.3 Å². The van der Waals surface area contributed by atoms with Gasteiger partial charge >= 0.3 is 5.97 Å². The fourth-order valence-corrected chi connectivity index (χ4v) is 4.25. The Kier molecular flexibility index (Phi) is 4.12. The molecular formula is C18H16FNO4S. The van der Waals surface area contributed by atoms with Crippen LogP contribution in [0.4, 0.5) is 4.39 Å². The number of hydrogen-bond donors (Lipinski definition) is 0. The van der Waals surface area contributed by atoms with Crippen LogP contribution in [0.1, 0.15) is 16.7 Å². The normalized spacial score (nSPS) is 17.2. The highest BCUT2D eigenvalue weighted by Crippen LogP contribution is 2.42. The Hall–Kier alpha value is -2.67. The van der Waals surface area contributed by atoms with Gasteiger partial charge in [-0.2, -0.15) is 0 Å². The highest BCUT2D eigenvalue weighted by Gasteiger charge is 2.39. The van der Waals surface area contributed by atoms with E-state index in [0.29, 0.717) is 11.1 Å². The fourth-order valence-electron chi connectivity index (χ4n) is 2.85. The van der Waals surface area contributed by atoms with Crippen molar-refractivity contribution in [2.75, 3.05) is 14.2 Å². The van der Waals surface area contributed by atoms with Crippen molar-refractivity contribution in [2.45, 2.75) is 11.8 Å². The molecule has 1 heterocycles. The third kappa shape index (κ3) is 2.70. The van der Waals surface area contributed by atoms with E-state index < -0.39 is 21.8 Å². The maximum absolute atomic E-state index is 13.3. The van der Waals surface area contributed by atoms with E-state index in [1.807, 2.05) is 6.92 Å². The lowest BCUT2D eigenvalue weighted by Gasteiger charge is -2.17. The number of methoxy groups -OCH3 is 1. The SMILES string of the molecule is COC(=O)/C(=C1\c2cc(C)ccc2S(=O)(=O)N1C)c1ccc(F)cc1. The van der Waals surface area contributed by atoms with Gasteiger partial charge in [0.1, 0.15) is 5.82 Å². The molecule has 0 saturated carbocycles. The first-order chi connectivity index (χ1) is 11.8. The maximum Gasteiger partial charge on any atom is 0.340 e. The number of carbonyl (C=O) groups is 1. The van der Waals surface area contributed by atoms with Gasteiger partial charge in [-0.3, -0.25) is 4.31 Å². The summed E-state index contributed by atoms with van der Waals surface area (Å²) in [5.74, 6) is -1.15. The molecule has 0 amide bonds. The van der Waals surface area contributed by atoms with E-state index in [1.165, 1.54) is 44.5 Å². The largest absolute Gasteiger partial charge is 0.465 e. The number of sulfonamides is 1. The lowest BCUT2D eigenvalue weighted by Crippen LogP contribution is -2.21. The lowest BCUT2D eigenvalue weighted by atomic mass is 9.98. The molecular weight excluding hydrogens is 345 g/mol. The standard InChI is InChI=1S/C18H16FNO4S/c1-11-4-9-15-14(10-11)17(20(2)25(15,22)23)16(18(21)24-3)12-5-7-13(19)8-6-12/h4-10H,1-3H3/b17-16+. The molecule has 2 aromatic carbocycles. The fraction of sp³-hybridized carbons (Fsp3) is 0.167. The van der Waals surface area contributed by atoms with Gasteiger partial charge in [0.05, 0.1) is 23.3 Å². The monoisotopic (exact) mass is 361 g/mol. The summed E-state index contributed by atoms with van der Waals surface area (Å²) in [6, 6.07) is 10.2. The zero-order valence-electron chi connectivity index (χ0n) is 13.9. The molecule has 0 spiro atoms. The molecule has 0 fully saturated rings. The second-order valence-corrected chi connectivity index (χ2v) is 7.63. The minimum absolute atomic E-state index is 0.0675. The first-order valence-electron chi connectivity index (χ1n) is 7.46. The molecule has 0 aromatic heterocycles. The molecule has 1 aliphatic rings. The highest BCUT2D eigenvalue weighted by molar-refractivity contribution is 7.90. The van der Waals surface area contributed by atoms with Crippen LogP contribution in [0, 0.1) is 12.7 Å². The van der Waals surface area contributed by atoms with E-state index in [4.69, 9.17) is 4.74 Å². The van der Waals surface area contributed by atoms with E-state index in [1.54, 1.807) is 12.1 Å². The maximum atomic E-state index is 13.3. The number of halogens is 1. The minimum Gasteiger partial charge on any atom is -0.465 e. The van der Waals surface area contributed by atoms with E-state index in [9.17, 15) is 17.6 Å². The van der Waals surface area contributed by atoms with Crippen LogP contribution < -0.4 is 0 Å². The first kappa shape index (κ1) is 17.2. The van der Waals surface area contributed by atoms with Crippen molar-refractivity contribution in [1.29, 1.82) is 0 Å². The van der Waals surface area contributed by atoms with Crippen molar-refractivity contribution in [2.24, 2.45) is 0 Å². The number of hydrogen-bond acceptors (Lipinski definition) is 4. The average Bonchev–Trinajstić information content (AvgIpc) is 2.77. The number of aryl methyl sites for hydroxylation is 1. The zero-order chi connectivity index (χ0) is 18.4. The Morgan fingerprint density at radius 1 is 1.12 bits per heavy atom. The Labute approximate surface area is 145 Å². The van der Waals surface area contributed by atoms with E-state index >= 15 is 0 Å². The van der Waals surface area contributed by atoms with Crippen molar-refractivity contribution in [3.63, 3.8) is 0 Å². The third-order valence-electron chi connectivity index (χ3n) is 4.10. The lowest BCUT2D eigenvalue weighted by molar-refractivity contribution is -0.133. The molecule has 0 radical (unpaired) electrons. The summed E-state index contributed by atoms with van der Waals surface area (Å²) in [7, 11) is -1.16. The molecule has 7 heteroatoms. The molecule has 0 bridgehead atoms. The van der Waals surface area contributed by atoms with Crippen LogP contribution >= 0.6 is 0 Å². The summed E-state index contributed by atoms with van der Waals surface area (Å²) in [4.78, 5) is 12.6. The molecule has 3 rings (SSSR count). The van der Waals surface area contributed by atoms with Crippen LogP contribution in [-0.4, -0.2) is 32.8 Å². The highest BCUT2D eigenvalue weighted by atomic mass is 32.2. The van der Waals surface area contributed by atoms with Gasteiger partial charge in [-0.05, 0) is 36.8 Å². The number of ether oxygens (including phenoxy) is 1. The van der Waals surface area contributed by atoms with Gasteiger partial charge in [-0.15, -0.1) is 0 Å². The van der Waals surface area contributed by atoms with Crippen LogP contribution in [-0.2, 0) is 19.6 Å². The molecule has 0 aliphatic carbocycles. The molecule has 0 atom stereocenters. The number of nitrogens with zero attached hydrogens (tertiary/aromatic N) is 1. The summed E-state index contributed by atoms with van der Waals surface area (Å²) in [5, 5.41) is 0. The van der Waals surface area contributed by atoms with Crippen LogP contribution in [0.15, 0.2) is 47.4 Å². The Morgan fingerprint density at radius 3 is 2.36 bits per heavy atom. The van der Waals surface area contributed by atoms with Crippen molar-refractivity contribution in [1.82, 2.24) is 4.31 Å². The number of fused-ring (bicyclic) bond motifs is 1. The van der Waals surface area contributed by atoms with Crippen LogP contribution in [0.2, 0.25) is 0 Å². The Morgan fingerprint density at radius 2 is 1.76 bits per heavy atom. The summed E-state index contributed by atoms with van der Waals surface area (Å²) < 4.78 is 44.6. The molecule has 0 unspecified atom stereocenters. The molecule has 1 aliphatic heterocycles. The predicted molar refractivity (Wildman–Crippen MR) is 91.4 cm³/mol. The number of esters is 1. The molecule has 130 valence electrons. The first-order valence-corrected chi connectivity index (χ1v) is 8.90. The summed E-state index contributed by atoms with van der Waals surface area (Å²) in [6.45, 7) is 1.83. The summed E-state index contributed by atoms with van der Waals surface area (Å²) >= 11 is 0. The minimum atomic E-state index is -3.76. The third-order valence-corrected chi connectivity index (χ3v) is 5.92. The Bertz CT molecular complexity index is 994. The van der Waals surface area contributed by atoms with Crippen molar-refractivity contribution in [3.05, 3.63) is 65.0 Å². The molecule has 0 saturated heterocycles. The van der Waals surface area contributed by atoms with Crippen molar-refractivity contribution in [3.8, 4) is 0 Å². The van der Waals surface area contributed by atoms with Gasteiger partial charge in [0.15, 0.2) is 0 Å². The van der Waals surface area contributed by atoms with E-state index in [2.05, 4.69) is 0 Å². The molecule has 25 heavy (non-hydrogen) atoms. The summed E-state index contributed by atoms with van der Waals surface area (Å²) in [6.07, 6.45) is 0. The second-order valence-electron chi connectivity index (χ2n) is 5.69. The number of carbonyl (C=O) groups excluding carboxylic acids is 1. The predicted octanol–water partition coefficient (Wildman–Crippen LogP) is 2.81. The molecule has 2 aromatic rings. The van der Waals surface area contributed by atoms with Crippen LogP contribution in [0.5, 0.6) is 0 Å². The second kappa shape index (κ2) is 6.00. The van der Waals surface area contributed by atoms with Gasteiger partial charge in [-0.1, -0.05) is 23.8 Å². The molecule has 5 nitrogen and oxygen atoms in total. The van der Waals surface area contributed by atoms with Crippen LogP contribution in [0.3, 0.4) is 0 Å². The van der Waals surface area contributed by atoms with Gasteiger partial charge in [0.2, 0.25) is 0 Å². The van der Waals surface area contributed by atoms with Gasteiger partial charge in [0, 0.05) is 12.6 Å². The Balaban J connectivity index is 2.40. The molecule has 0 N–H and O–H groups in total. The average molecular weight is 361 g/mol.